The van der Waals surface area contributed by atoms with Gasteiger partial charge in [-0.15, -0.1) is 0 Å². The first kappa shape index (κ1) is 14.4. The molecule has 0 bridgehead atoms. The highest BCUT2D eigenvalue weighted by molar-refractivity contribution is 5.27. The van der Waals surface area contributed by atoms with E-state index in [0.29, 0.717) is 18.6 Å². The van der Waals surface area contributed by atoms with Crippen molar-refractivity contribution in [1.29, 1.82) is 0 Å². The van der Waals surface area contributed by atoms with Crippen molar-refractivity contribution >= 4 is 0 Å². The van der Waals surface area contributed by atoms with Crippen LogP contribution >= 0.6 is 0 Å². The Balaban J connectivity index is 1.91. The lowest BCUT2D eigenvalue weighted by molar-refractivity contribution is -0.000843. The highest BCUT2D eigenvalue weighted by atomic mass is 16.5. The van der Waals surface area contributed by atoms with Gasteiger partial charge in [0.15, 0.2) is 0 Å². The first-order chi connectivity index (χ1) is 9.33. The second-order valence-corrected chi connectivity index (χ2v) is 5.33. The van der Waals surface area contributed by atoms with E-state index in [9.17, 15) is 0 Å². The lowest BCUT2D eigenvalue weighted by atomic mass is 9.97. The first-order valence-electron chi connectivity index (χ1n) is 7.28. The van der Waals surface area contributed by atoms with E-state index in [0.717, 1.165) is 18.7 Å². The van der Waals surface area contributed by atoms with Crippen LogP contribution in [-0.2, 0) is 11.3 Å². The van der Waals surface area contributed by atoms with E-state index in [2.05, 4.69) is 6.07 Å². The maximum Gasteiger partial charge on any atom is 0.119 e. The minimum absolute atomic E-state index is 0.318. The average Bonchev–Trinajstić information content (AvgIpc) is 2.70. The second kappa shape index (κ2) is 7.51. The summed E-state index contributed by atoms with van der Waals surface area (Å²) in [7, 11) is 1.69. The van der Waals surface area contributed by atoms with Crippen molar-refractivity contribution in [3.63, 3.8) is 0 Å². The minimum Gasteiger partial charge on any atom is -0.497 e. The molecule has 1 aliphatic rings. The summed E-state index contributed by atoms with van der Waals surface area (Å²) < 4.78 is 11.3. The number of nitrogens with two attached hydrogens (primary N) is 1. The van der Waals surface area contributed by atoms with Crippen LogP contribution in [0.5, 0.6) is 5.75 Å². The maximum absolute atomic E-state index is 6.12. The van der Waals surface area contributed by atoms with Crippen LogP contribution in [-0.4, -0.2) is 19.8 Å². The third kappa shape index (κ3) is 4.22. The Morgan fingerprint density at radius 2 is 2.05 bits per heavy atom. The molecule has 1 saturated carbocycles. The fraction of sp³-hybridized carbons (Fsp3) is 0.625. The number of ether oxygens (including phenoxy) is 2. The Morgan fingerprint density at radius 1 is 1.21 bits per heavy atom. The summed E-state index contributed by atoms with van der Waals surface area (Å²) in [6, 6.07) is 8.08. The number of methoxy groups -OCH3 is 1. The van der Waals surface area contributed by atoms with Crippen LogP contribution in [0.2, 0.25) is 0 Å². The van der Waals surface area contributed by atoms with E-state index in [4.69, 9.17) is 15.2 Å². The molecule has 2 atom stereocenters. The largest absolute Gasteiger partial charge is 0.497 e. The molecule has 1 aromatic rings. The Kier molecular flexibility index (Phi) is 5.67. The lowest BCUT2D eigenvalue weighted by Crippen LogP contribution is -2.29. The zero-order valence-electron chi connectivity index (χ0n) is 11.8. The van der Waals surface area contributed by atoms with E-state index in [-0.39, 0.29) is 0 Å². The van der Waals surface area contributed by atoms with E-state index < -0.39 is 0 Å². The number of hydrogen-bond acceptors (Lipinski definition) is 3. The molecule has 2 unspecified atom stereocenters. The molecule has 0 radical (unpaired) electrons. The fourth-order valence-corrected chi connectivity index (χ4v) is 2.80. The first-order valence-corrected chi connectivity index (χ1v) is 7.28. The Bertz CT molecular complexity index is 381. The Hall–Kier alpha value is -1.06. The third-order valence-corrected chi connectivity index (χ3v) is 3.99. The summed E-state index contributed by atoms with van der Waals surface area (Å²) >= 11 is 0. The van der Waals surface area contributed by atoms with E-state index in [1.807, 2.05) is 18.2 Å². The van der Waals surface area contributed by atoms with Gasteiger partial charge in [0.2, 0.25) is 0 Å². The third-order valence-electron chi connectivity index (χ3n) is 3.99. The van der Waals surface area contributed by atoms with Crippen molar-refractivity contribution in [2.45, 2.75) is 44.8 Å². The average molecular weight is 263 g/mol. The SMILES string of the molecule is COc1cccc(COC2CCCCCC2CN)c1. The quantitative estimate of drug-likeness (QED) is 0.830. The Morgan fingerprint density at radius 3 is 2.84 bits per heavy atom. The van der Waals surface area contributed by atoms with Crippen LogP contribution in [0.1, 0.15) is 37.7 Å². The van der Waals surface area contributed by atoms with Gasteiger partial charge in [-0.05, 0) is 43.0 Å². The molecule has 0 aliphatic heterocycles. The summed E-state index contributed by atoms with van der Waals surface area (Å²) in [5.74, 6) is 1.41. The highest BCUT2D eigenvalue weighted by Gasteiger charge is 2.23. The van der Waals surface area contributed by atoms with Crippen molar-refractivity contribution in [1.82, 2.24) is 0 Å². The molecule has 1 aromatic carbocycles. The van der Waals surface area contributed by atoms with Gasteiger partial charge in [0.1, 0.15) is 5.75 Å². The van der Waals surface area contributed by atoms with Gasteiger partial charge >= 0.3 is 0 Å². The molecule has 1 fully saturated rings. The summed E-state index contributed by atoms with van der Waals surface area (Å²) in [4.78, 5) is 0. The van der Waals surface area contributed by atoms with Crippen LogP contribution in [0.25, 0.3) is 0 Å². The lowest BCUT2D eigenvalue weighted by Gasteiger charge is -2.24. The van der Waals surface area contributed by atoms with Crippen molar-refractivity contribution in [3.05, 3.63) is 29.8 Å². The molecular weight excluding hydrogens is 238 g/mol. The van der Waals surface area contributed by atoms with Gasteiger partial charge < -0.3 is 15.2 Å². The monoisotopic (exact) mass is 263 g/mol. The molecule has 106 valence electrons. The number of rotatable bonds is 5. The van der Waals surface area contributed by atoms with Crippen LogP contribution in [0, 0.1) is 5.92 Å². The van der Waals surface area contributed by atoms with E-state index >= 15 is 0 Å². The minimum atomic E-state index is 0.318. The van der Waals surface area contributed by atoms with Crippen molar-refractivity contribution in [3.8, 4) is 5.75 Å². The van der Waals surface area contributed by atoms with Crippen LogP contribution in [0.4, 0.5) is 0 Å². The van der Waals surface area contributed by atoms with Crippen LogP contribution in [0.3, 0.4) is 0 Å². The van der Waals surface area contributed by atoms with Gasteiger partial charge in [-0.3, -0.25) is 0 Å². The van der Waals surface area contributed by atoms with Gasteiger partial charge in [0.25, 0.3) is 0 Å². The molecule has 1 aliphatic carbocycles. The van der Waals surface area contributed by atoms with Crippen molar-refractivity contribution in [2.24, 2.45) is 11.7 Å². The molecule has 0 saturated heterocycles. The molecule has 2 N–H and O–H groups in total. The van der Waals surface area contributed by atoms with Gasteiger partial charge in [-0.25, -0.2) is 0 Å². The van der Waals surface area contributed by atoms with Gasteiger partial charge in [-0.2, -0.15) is 0 Å². The molecule has 0 aromatic heterocycles. The summed E-state index contributed by atoms with van der Waals surface area (Å²) in [5, 5.41) is 0. The predicted molar refractivity (Wildman–Crippen MR) is 77.2 cm³/mol. The topological polar surface area (TPSA) is 44.5 Å². The van der Waals surface area contributed by atoms with Gasteiger partial charge in [0.05, 0.1) is 19.8 Å². The molecule has 3 nitrogen and oxygen atoms in total. The summed E-state index contributed by atoms with van der Waals surface area (Å²) in [6.45, 7) is 1.39. The second-order valence-electron chi connectivity index (χ2n) is 5.33. The zero-order chi connectivity index (χ0) is 13.5. The molecule has 19 heavy (non-hydrogen) atoms. The highest BCUT2D eigenvalue weighted by Crippen LogP contribution is 2.26. The van der Waals surface area contributed by atoms with Crippen LogP contribution < -0.4 is 10.5 Å². The predicted octanol–water partition coefficient (Wildman–Crippen LogP) is 3.12. The molecular formula is C16H25NO2. The van der Waals surface area contributed by atoms with Crippen molar-refractivity contribution in [2.75, 3.05) is 13.7 Å². The summed E-state index contributed by atoms with van der Waals surface area (Å²) in [5.41, 5.74) is 7.04. The van der Waals surface area contributed by atoms with Gasteiger partial charge in [0, 0.05) is 0 Å². The number of benzene rings is 1. The molecule has 0 amide bonds. The van der Waals surface area contributed by atoms with Crippen molar-refractivity contribution < 1.29 is 9.47 Å². The normalized spacial score (nSPS) is 23.9. The molecule has 3 heteroatoms. The fourth-order valence-electron chi connectivity index (χ4n) is 2.80. The van der Waals surface area contributed by atoms with E-state index in [1.54, 1.807) is 7.11 Å². The molecule has 0 heterocycles. The molecule has 0 spiro atoms. The summed E-state index contributed by atoms with van der Waals surface area (Å²) in [6.07, 6.45) is 6.54. The molecule has 2 rings (SSSR count). The zero-order valence-corrected chi connectivity index (χ0v) is 11.8. The number of hydrogen-bond donors (Lipinski definition) is 1. The maximum atomic E-state index is 6.12. The Labute approximate surface area is 116 Å². The standard InChI is InChI=1S/C16H25NO2/c1-18-15-8-5-6-13(10-15)12-19-16-9-4-2-3-7-14(16)11-17/h5-6,8,10,14,16H,2-4,7,9,11-12,17H2,1H3. The van der Waals surface area contributed by atoms with Gasteiger partial charge in [-0.1, -0.05) is 31.4 Å². The van der Waals surface area contributed by atoms with E-state index in [1.165, 1.54) is 31.2 Å². The smallest absolute Gasteiger partial charge is 0.119 e. The van der Waals surface area contributed by atoms with Crippen LogP contribution in [0.15, 0.2) is 24.3 Å².